The molecule has 0 radical (unpaired) electrons. The number of carbonyl (C=O) groups excluding carboxylic acids is 1. The minimum Gasteiger partial charge on any atom is -0.497 e. The van der Waals surface area contributed by atoms with Crippen molar-refractivity contribution in [3.05, 3.63) is 65.4 Å². The molecule has 4 rings (SSSR count). The molecule has 0 spiro atoms. The number of aryl methyl sites for hydroxylation is 1. The molecule has 152 valence electrons. The van der Waals surface area contributed by atoms with Crippen LogP contribution in [0.5, 0.6) is 5.75 Å². The van der Waals surface area contributed by atoms with Crippen molar-refractivity contribution < 1.29 is 14.3 Å². The molecule has 0 amide bonds. The Hall–Kier alpha value is -2.63. The number of halogens is 1. The molecule has 0 bridgehead atoms. The van der Waals surface area contributed by atoms with Gasteiger partial charge in [-0.1, -0.05) is 31.2 Å². The van der Waals surface area contributed by atoms with E-state index >= 15 is 0 Å². The summed E-state index contributed by atoms with van der Waals surface area (Å²) in [6.07, 6.45) is 2.65. The summed E-state index contributed by atoms with van der Waals surface area (Å²) in [6.45, 7) is 4.88. The highest BCUT2D eigenvalue weighted by atomic mass is 35.5. The molecule has 1 aliphatic heterocycles. The van der Waals surface area contributed by atoms with Crippen molar-refractivity contribution in [1.29, 1.82) is 0 Å². The van der Waals surface area contributed by atoms with Crippen LogP contribution in [0.4, 0.5) is 5.69 Å². The second kappa shape index (κ2) is 9.25. The molecule has 29 heavy (non-hydrogen) atoms. The zero-order valence-corrected chi connectivity index (χ0v) is 17.5. The van der Waals surface area contributed by atoms with Gasteiger partial charge in [0.05, 0.1) is 37.1 Å². The van der Waals surface area contributed by atoms with E-state index in [0.29, 0.717) is 24.3 Å². The van der Waals surface area contributed by atoms with Crippen LogP contribution in [0.15, 0.2) is 48.7 Å². The monoisotopic (exact) mass is 412 g/mol. The van der Waals surface area contributed by atoms with Crippen molar-refractivity contribution in [2.75, 3.05) is 38.3 Å². The third-order valence-corrected chi connectivity index (χ3v) is 5.24. The lowest BCUT2D eigenvalue weighted by Gasteiger charge is -2.31. The molecule has 2 aromatic carbocycles. The van der Waals surface area contributed by atoms with E-state index in [-0.39, 0.29) is 18.2 Å². The molecule has 0 atom stereocenters. The molecule has 1 fully saturated rings. The Kier molecular flexibility index (Phi) is 6.72. The number of hydrogen-bond donors (Lipinski definition) is 0. The van der Waals surface area contributed by atoms with Gasteiger partial charge in [-0.25, -0.2) is 0 Å². The molecule has 0 unspecified atom stereocenters. The fourth-order valence-corrected chi connectivity index (χ4v) is 3.63. The SMILES string of the molecule is CCc1ccc(C(=O)c2cnc3ccc(OC)cc3c2N2CCOCC2)cc1.Cl. The van der Waals surface area contributed by atoms with Crippen LogP contribution in [0.2, 0.25) is 0 Å². The van der Waals surface area contributed by atoms with Crippen LogP contribution in [-0.4, -0.2) is 44.2 Å². The number of benzene rings is 2. The molecule has 2 heterocycles. The predicted octanol–water partition coefficient (Wildman–Crippen LogP) is 4.30. The van der Waals surface area contributed by atoms with E-state index in [1.165, 1.54) is 5.56 Å². The molecule has 0 saturated carbocycles. The quantitative estimate of drug-likeness (QED) is 0.585. The highest BCUT2D eigenvalue weighted by Gasteiger charge is 2.23. The predicted molar refractivity (Wildman–Crippen MR) is 118 cm³/mol. The van der Waals surface area contributed by atoms with Crippen molar-refractivity contribution in [3.63, 3.8) is 0 Å². The summed E-state index contributed by atoms with van der Waals surface area (Å²) < 4.78 is 10.9. The molecular formula is C23H25ClN2O3. The molecule has 1 saturated heterocycles. The Bertz CT molecular complexity index is 999. The molecule has 6 heteroatoms. The Morgan fingerprint density at radius 1 is 1.14 bits per heavy atom. The number of anilines is 1. The van der Waals surface area contributed by atoms with Crippen molar-refractivity contribution in [3.8, 4) is 5.75 Å². The molecule has 5 nitrogen and oxygen atoms in total. The summed E-state index contributed by atoms with van der Waals surface area (Å²) in [5.41, 5.74) is 4.27. The summed E-state index contributed by atoms with van der Waals surface area (Å²) in [6, 6.07) is 13.6. The first-order valence-electron chi connectivity index (χ1n) is 9.64. The zero-order valence-electron chi connectivity index (χ0n) is 16.7. The van der Waals surface area contributed by atoms with E-state index in [0.717, 1.165) is 41.9 Å². The van der Waals surface area contributed by atoms with Crippen molar-refractivity contribution in [2.24, 2.45) is 0 Å². The van der Waals surface area contributed by atoms with Crippen LogP contribution < -0.4 is 9.64 Å². The lowest BCUT2D eigenvalue weighted by molar-refractivity contribution is 0.103. The lowest BCUT2D eigenvalue weighted by Crippen LogP contribution is -2.37. The maximum absolute atomic E-state index is 13.4. The largest absolute Gasteiger partial charge is 0.497 e. The fourth-order valence-electron chi connectivity index (χ4n) is 3.63. The van der Waals surface area contributed by atoms with E-state index in [9.17, 15) is 4.79 Å². The van der Waals surface area contributed by atoms with Gasteiger partial charge in [0.15, 0.2) is 5.78 Å². The van der Waals surface area contributed by atoms with E-state index in [4.69, 9.17) is 9.47 Å². The van der Waals surface area contributed by atoms with Gasteiger partial charge in [0, 0.05) is 30.2 Å². The van der Waals surface area contributed by atoms with Crippen LogP contribution in [-0.2, 0) is 11.2 Å². The average Bonchev–Trinajstić information content (AvgIpc) is 2.78. The van der Waals surface area contributed by atoms with Gasteiger partial charge >= 0.3 is 0 Å². The van der Waals surface area contributed by atoms with E-state index in [1.54, 1.807) is 13.3 Å². The molecule has 1 aromatic heterocycles. The fraction of sp³-hybridized carbons (Fsp3) is 0.304. The highest BCUT2D eigenvalue weighted by molar-refractivity contribution is 6.16. The van der Waals surface area contributed by atoms with Crippen LogP contribution in [0.1, 0.15) is 28.4 Å². The number of pyridine rings is 1. The van der Waals surface area contributed by atoms with Gasteiger partial charge in [-0.05, 0) is 30.2 Å². The first-order valence-corrected chi connectivity index (χ1v) is 9.64. The number of carbonyl (C=O) groups is 1. The number of methoxy groups -OCH3 is 1. The number of aromatic nitrogens is 1. The first-order chi connectivity index (χ1) is 13.7. The van der Waals surface area contributed by atoms with Crippen molar-refractivity contribution >= 4 is 34.8 Å². The summed E-state index contributed by atoms with van der Waals surface area (Å²) in [7, 11) is 1.65. The first kappa shape index (κ1) is 21.1. The summed E-state index contributed by atoms with van der Waals surface area (Å²) in [4.78, 5) is 20.2. The summed E-state index contributed by atoms with van der Waals surface area (Å²) in [5, 5.41) is 0.928. The van der Waals surface area contributed by atoms with Crippen LogP contribution in [0, 0.1) is 0 Å². The van der Waals surface area contributed by atoms with Gasteiger partial charge < -0.3 is 14.4 Å². The lowest BCUT2D eigenvalue weighted by atomic mass is 9.98. The molecule has 0 aliphatic carbocycles. The van der Waals surface area contributed by atoms with Crippen LogP contribution in [0.3, 0.4) is 0 Å². The van der Waals surface area contributed by atoms with Crippen LogP contribution in [0.25, 0.3) is 10.9 Å². The third-order valence-electron chi connectivity index (χ3n) is 5.24. The molecule has 0 N–H and O–H groups in total. The van der Waals surface area contributed by atoms with E-state index in [2.05, 4.69) is 16.8 Å². The number of ether oxygens (including phenoxy) is 2. The smallest absolute Gasteiger partial charge is 0.196 e. The van der Waals surface area contributed by atoms with Gasteiger partial charge in [-0.15, -0.1) is 12.4 Å². The standard InChI is InChI=1S/C23H24N2O3.ClH/c1-3-16-4-6-17(7-5-16)23(26)20-15-24-21-9-8-18(27-2)14-19(21)22(20)25-10-12-28-13-11-25;/h4-9,14-15H,3,10-13H2,1-2H3;1H. The van der Waals surface area contributed by atoms with E-state index < -0.39 is 0 Å². The molecule has 1 aliphatic rings. The van der Waals surface area contributed by atoms with Gasteiger partial charge in [0.1, 0.15) is 5.75 Å². The normalized spacial score (nSPS) is 13.8. The number of fused-ring (bicyclic) bond motifs is 1. The van der Waals surface area contributed by atoms with Gasteiger partial charge in [-0.3, -0.25) is 9.78 Å². The van der Waals surface area contributed by atoms with Gasteiger partial charge in [0.2, 0.25) is 0 Å². The van der Waals surface area contributed by atoms with E-state index in [1.807, 2.05) is 42.5 Å². The second-order valence-corrected chi connectivity index (χ2v) is 6.88. The van der Waals surface area contributed by atoms with Gasteiger partial charge in [0.25, 0.3) is 0 Å². The minimum atomic E-state index is -0.0126. The number of morpholine rings is 1. The van der Waals surface area contributed by atoms with Crippen molar-refractivity contribution in [2.45, 2.75) is 13.3 Å². The minimum absolute atomic E-state index is 0. The Morgan fingerprint density at radius 3 is 2.52 bits per heavy atom. The summed E-state index contributed by atoms with van der Waals surface area (Å²) in [5.74, 6) is 0.738. The molecule has 3 aromatic rings. The topological polar surface area (TPSA) is 51.7 Å². The maximum Gasteiger partial charge on any atom is 0.196 e. The highest BCUT2D eigenvalue weighted by Crippen LogP contribution is 2.34. The summed E-state index contributed by atoms with van der Waals surface area (Å²) >= 11 is 0. The van der Waals surface area contributed by atoms with Gasteiger partial charge in [-0.2, -0.15) is 0 Å². The Balaban J connectivity index is 0.00000240. The number of hydrogen-bond acceptors (Lipinski definition) is 5. The Labute approximate surface area is 177 Å². The number of rotatable bonds is 5. The number of nitrogens with zero attached hydrogens (tertiary/aromatic N) is 2. The Morgan fingerprint density at radius 2 is 1.86 bits per heavy atom. The third kappa shape index (κ3) is 4.21. The molecular weight excluding hydrogens is 388 g/mol. The second-order valence-electron chi connectivity index (χ2n) is 6.88. The van der Waals surface area contributed by atoms with Crippen molar-refractivity contribution in [1.82, 2.24) is 4.98 Å². The zero-order chi connectivity index (χ0) is 19.5. The average molecular weight is 413 g/mol. The number of ketones is 1. The van der Waals surface area contributed by atoms with Crippen LogP contribution >= 0.6 is 12.4 Å². The maximum atomic E-state index is 13.4.